The average Bonchev–Trinajstić information content (AvgIpc) is 3.24. The van der Waals surface area contributed by atoms with Crippen molar-refractivity contribution in [2.45, 2.75) is 89.7 Å². The predicted molar refractivity (Wildman–Crippen MR) is 108 cm³/mol. The molecule has 2 saturated heterocycles. The monoisotopic (exact) mass is 427 g/mol. The summed E-state index contributed by atoms with van der Waals surface area (Å²) in [4.78, 5) is 42.4. The van der Waals surface area contributed by atoms with Crippen LogP contribution in [0.1, 0.15) is 60.3 Å². The molecule has 3 rings (SSSR count). The lowest BCUT2D eigenvalue weighted by Crippen LogP contribution is -2.65. The largest absolute Gasteiger partial charge is 0.465 e. The lowest BCUT2D eigenvalue weighted by atomic mass is 9.95. The van der Waals surface area contributed by atoms with Crippen molar-refractivity contribution in [3.8, 4) is 0 Å². The average molecular weight is 428 g/mol. The Hall–Kier alpha value is -2.06. The van der Waals surface area contributed by atoms with E-state index in [1.807, 2.05) is 13.8 Å². The van der Waals surface area contributed by atoms with E-state index in [0.717, 1.165) is 0 Å². The number of nitrogens with zero attached hydrogens (tertiary/aromatic N) is 3. The first-order chi connectivity index (χ1) is 13.8. The second kappa shape index (κ2) is 7.89. The molecule has 0 aromatic heterocycles. The second-order valence-electron chi connectivity index (χ2n) is 10.3. The van der Waals surface area contributed by atoms with Crippen molar-refractivity contribution in [2.75, 3.05) is 19.6 Å². The van der Waals surface area contributed by atoms with Crippen LogP contribution in [-0.4, -0.2) is 86.9 Å². The molecule has 3 amide bonds. The van der Waals surface area contributed by atoms with Gasteiger partial charge in [-0.3, -0.25) is 14.6 Å². The van der Waals surface area contributed by atoms with Crippen molar-refractivity contribution in [1.82, 2.24) is 14.7 Å². The fourth-order valence-electron chi connectivity index (χ4n) is 4.62. The number of ether oxygens (including phenoxy) is 1. The molecule has 8 nitrogen and oxygen atoms in total. The van der Waals surface area contributed by atoms with Crippen LogP contribution >= 0.6 is 0 Å². The summed E-state index contributed by atoms with van der Waals surface area (Å²) >= 11 is 0. The minimum atomic E-state index is -1.29. The summed E-state index contributed by atoms with van der Waals surface area (Å²) in [6, 6.07) is -1.21. The van der Waals surface area contributed by atoms with Crippen LogP contribution in [0.4, 0.5) is 14.0 Å². The molecule has 3 aliphatic rings. The standard InChI is InChI=1S/C21H34FN3O5/c1-13(2)8-15-11-25(18(27)28)21(6-7-21)12-24(15)17(26)16-9-14(22)10-23(16)19(29)30-20(3,4)5/h13-16H,6-12H2,1-5H3,(H,27,28)/t14-,15-,16+/m1/s1. The highest BCUT2D eigenvalue weighted by Gasteiger charge is 2.57. The number of amides is 3. The van der Waals surface area contributed by atoms with Gasteiger partial charge >= 0.3 is 12.2 Å². The number of hydrogen-bond acceptors (Lipinski definition) is 4. The Bertz CT molecular complexity index is 703. The van der Waals surface area contributed by atoms with Gasteiger partial charge in [0.2, 0.25) is 5.91 Å². The molecule has 1 N–H and O–H groups in total. The van der Waals surface area contributed by atoms with Crippen LogP contribution in [0.3, 0.4) is 0 Å². The number of carbonyl (C=O) groups is 3. The third kappa shape index (κ3) is 4.64. The molecule has 2 aliphatic heterocycles. The maximum Gasteiger partial charge on any atom is 0.411 e. The molecule has 170 valence electrons. The Morgan fingerprint density at radius 3 is 2.30 bits per heavy atom. The molecule has 2 heterocycles. The Labute approximate surface area is 177 Å². The summed E-state index contributed by atoms with van der Waals surface area (Å²) in [5.41, 5.74) is -1.29. The Morgan fingerprint density at radius 2 is 1.80 bits per heavy atom. The van der Waals surface area contributed by atoms with Gasteiger partial charge in [-0.1, -0.05) is 13.8 Å². The first-order valence-corrected chi connectivity index (χ1v) is 10.8. The van der Waals surface area contributed by atoms with Crippen LogP contribution in [0, 0.1) is 5.92 Å². The first-order valence-electron chi connectivity index (χ1n) is 10.8. The summed E-state index contributed by atoms with van der Waals surface area (Å²) in [5, 5.41) is 9.66. The van der Waals surface area contributed by atoms with Gasteiger partial charge in [-0.05, 0) is 46.0 Å². The summed E-state index contributed by atoms with van der Waals surface area (Å²) in [6.07, 6.45) is -0.930. The second-order valence-corrected chi connectivity index (χ2v) is 10.3. The minimum Gasteiger partial charge on any atom is -0.465 e. The van der Waals surface area contributed by atoms with Crippen LogP contribution in [0.2, 0.25) is 0 Å². The quantitative estimate of drug-likeness (QED) is 0.747. The molecule has 1 aliphatic carbocycles. The number of rotatable bonds is 3. The van der Waals surface area contributed by atoms with Gasteiger partial charge in [-0.15, -0.1) is 0 Å². The van der Waals surface area contributed by atoms with Crippen molar-refractivity contribution < 1.29 is 28.6 Å². The molecule has 0 radical (unpaired) electrons. The highest BCUT2D eigenvalue weighted by Crippen LogP contribution is 2.46. The highest BCUT2D eigenvalue weighted by atomic mass is 19.1. The summed E-state index contributed by atoms with van der Waals surface area (Å²) in [6.45, 7) is 9.61. The highest BCUT2D eigenvalue weighted by molar-refractivity contribution is 5.87. The smallest absolute Gasteiger partial charge is 0.411 e. The minimum absolute atomic E-state index is 0.0569. The zero-order valence-electron chi connectivity index (χ0n) is 18.6. The van der Waals surface area contributed by atoms with Crippen molar-refractivity contribution in [3.63, 3.8) is 0 Å². The van der Waals surface area contributed by atoms with Gasteiger partial charge in [0.1, 0.15) is 17.8 Å². The molecule has 0 unspecified atom stereocenters. The molecule has 0 aromatic carbocycles. The van der Waals surface area contributed by atoms with Gasteiger partial charge < -0.3 is 14.7 Å². The van der Waals surface area contributed by atoms with Crippen molar-refractivity contribution in [2.24, 2.45) is 5.92 Å². The maximum atomic E-state index is 14.3. The van der Waals surface area contributed by atoms with E-state index in [0.29, 0.717) is 25.8 Å². The summed E-state index contributed by atoms with van der Waals surface area (Å²) in [7, 11) is 0. The Morgan fingerprint density at radius 1 is 1.17 bits per heavy atom. The molecule has 30 heavy (non-hydrogen) atoms. The molecule has 3 fully saturated rings. The van der Waals surface area contributed by atoms with Crippen molar-refractivity contribution in [1.29, 1.82) is 0 Å². The van der Waals surface area contributed by atoms with E-state index in [9.17, 15) is 23.9 Å². The van der Waals surface area contributed by atoms with Crippen LogP contribution in [0.15, 0.2) is 0 Å². The third-order valence-electron chi connectivity index (χ3n) is 6.12. The third-order valence-corrected chi connectivity index (χ3v) is 6.12. The van der Waals surface area contributed by atoms with Gasteiger partial charge in [0, 0.05) is 25.6 Å². The molecular weight excluding hydrogens is 393 g/mol. The fourth-order valence-corrected chi connectivity index (χ4v) is 4.62. The number of alkyl halides is 1. The summed E-state index contributed by atoms with van der Waals surface area (Å²) in [5.74, 6) is -0.0448. The van der Waals surface area contributed by atoms with Gasteiger partial charge in [0.25, 0.3) is 0 Å². The number of carboxylic acid groups (broad SMARTS) is 1. The van der Waals surface area contributed by atoms with Crippen molar-refractivity contribution in [3.05, 3.63) is 0 Å². The Kier molecular flexibility index (Phi) is 5.95. The maximum absolute atomic E-state index is 14.3. The van der Waals surface area contributed by atoms with E-state index >= 15 is 0 Å². The number of carbonyl (C=O) groups excluding carboxylic acids is 2. The number of piperazine rings is 1. The Balaban J connectivity index is 1.83. The zero-order chi connectivity index (χ0) is 22.4. The molecule has 3 atom stereocenters. The predicted octanol–water partition coefficient (Wildman–Crippen LogP) is 3.10. The molecular formula is C21H34FN3O5. The first kappa shape index (κ1) is 22.6. The molecule has 1 saturated carbocycles. The van der Waals surface area contributed by atoms with E-state index in [2.05, 4.69) is 0 Å². The zero-order valence-corrected chi connectivity index (χ0v) is 18.6. The van der Waals surface area contributed by atoms with E-state index in [-0.39, 0.29) is 37.4 Å². The van der Waals surface area contributed by atoms with Gasteiger partial charge in [-0.2, -0.15) is 0 Å². The SMILES string of the molecule is CC(C)C[C@@H]1CN(C(=O)O)C2(CC2)CN1C(=O)[C@@H]1C[C@@H](F)CN1C(=O)OC(C)(C)C. The van der Waals surface area contributed by atoms with Crippen LogP contribution < -0.4 is 0 Å². The molecule has 0 bridgehead atoms. The molecule has 1 spiro atoms. The number of likely N-dealkylation sites (tertiary alicyclic amines) is 1. The van der Waals surface area contributed by atoms with Crippen LogP contribution in [-0.2, 0) is 9.53 Å². The lowest BCUT2D eigenvalue weighted by molar-refractivity contribution is -0.143. The van der Waals surface area contributed by atoms with E-state index in [4.69, 9.17) is 4.74 Å². The van der Waals surface area contributed by atoms with E-state index in [1.165, 1.54) is 9.80 Å². The number of hydrogen-bond donors (Lipinski definition) is 1. The van der Waals surface area contributed by atoms with Gasteiger partial charge in [0.05, 0.1) is 12.1 Å². The summed E-state index contributed by atoms with van der Waals surface area (Å²) < 4.78 is 19.7. The topological polar surface area (TPSA) is 90.4 Å². The van der Waals surface area contributed by atoms with Crippen LogP contribution in [0.5, 0.6) is 0 Å². The molecule has 0 aromatic rings. The van der Waals surface area contributed by atoms with Crippen molar-refractivity contribution >= 4 is 18.1 Å². The molecule has 9 heteroatoms. The normalized spacial score (nSPS) is 28.2. The fraction of sp³-hybridized carbons (Fsp3) is 0.857. The van der Waals surface area contributed by atoms with E-state index in [1.54, 1.807) is 25.7 Å². The lowest BCUT2D eigenvalue weighted by Gasteiger charge is -2.47. The van der Waals surface area contributed by atoms with Gasteiger partial charge in [-0.25, -0.2) is 14.0 Å². The van der Waals surface area contributed by atoms with E-state index < -0.39 is 35.5 Å². The number of halogens is 1. The van der Waals surface area contributed by atoms with Crippen LogP contribution in [0.25, 0.3) is 0 Å². The van der Waals surface area contributed by atoms with Gasteiger partial charge in [0.15, 0.2) is 0 Å².